The van der Waals surface area contributed by atoms with Crippen LogP contribution >= 0.6 is 11.3 Å². The number of aryl methyl sites for hydroxylation is 1. The summed E-state index contributed by atoms with van der Waals surface area (Å²) in [7, 11) is 3.49. The van der Waals surface area contributed by atoms with Crippen molar-refractivity contribution in [3.63, 3.8) is 0 Å². The molecule has 1 heterocycles. The van der Waals surface area contributed by atoms with Gasteiger partial charge in [-0.15, -0.1) is 0 Å². The monoisotopic (exact) mass is 348 g/mol. The van der Waals surface area contributed by atoms with E-state index in [1.165, 1.54) is 11.3 Å². The van der Waals surface area contributed by atoms with Crippen molar-refractivity contribution in [2.75, 3.05) is 7.11 Å². The molecule has 5 heteroatoms. The Morgan fingerprint density at radius 3 is 2.44 bits per heavy atom. The number of hydrogen-bond acceptors (Lipinski definition) is 3. The lowest BCUT2D eigenvalue weighted by Crippen LogP contribution is -2.13. The maximum atomic E-state index is 12.8. The highest BCUT2D eigenvalue weighted by molar-refractivity contribution is 7.16. The van der Waals surface area contributed by atoms with E-state index in [1.54, 1.807) is 7.11 Å². The number of para-hydroxylation sites is 1. The van der Waals surface area contributed by atoms with E-state index in [2.05, 4.69) is 4.99 Å². The Labute approximate surface area is 148 Å². The van der Waals surface area contributed by atoms with Crippen LogP contribution in [0.5, 0.6) is 5.75 Å². The smallest absolute Gasteiger partial charge is 0.283 e. The van der Waals surface area contributed by atoms with Crippen molar-refractivity contribution in [2.45, 2.75) is 0 Å². The molecule has 0 aliphatic heterocycles. The Bertz CT molecular complexity index is 1170. The van der Waals surface area contributed by atoms with Gasteiger partial charge in [-0.05, 0) is 35.0 Å². The van der Waals surface area contributed by atoms with Crippen molar-refractivity contribution >= 4 is 38.2 Å². The lowest BCUT2D eigenvalue weighted by molar-refractivity contribution is 0.0995. The summed E-state index contributed by atoms with van der Waals surface area (Å²) < 4.78 is 8.45. The Hall–Kier alpha value is -2.92. The number of rotatable bonds is 2. The summed E-state index contributed by atoms with van der Waals surface area (Å²) in [4.78, 5) is 17.8. The van der Waals surface area contributed by atoms with E-state index in [0.717, 1.165) is 21.0 Å². The second kappa shape index (κ2) is 6.18. The Morgan fingerprint density at radius 1 is 1.04 bits per heavy atom. The third-order valence-corrected chi connectivity index (χ3v) is 5.32. The van der Waals surface area contributed by atoms with Crippen molar-refractivity contribution < 1.29 is 9.53 Å². The molecule has 0 unspecified atom stereocenters. The molecule has 0 spiro atoms. The number of nitrogens with zero attached hydrogens (tertiary/aromatic N) is 2. The number of ether oxygens (including phenoxy) is 1. The van der Waals surface area contributed by atoms with E-state index in [0.29, 0.717) is 16.1 Å². The van der Waals surface area contributed by atoms with Crippen molar-refractivity contribution in [2.24, 2.45) is 12.0 Å². The average molecular weight is 348 g/mol. The standard InChI is InChI=1S/C20H16N2O2S/c1-22-16-9-5-6-10-18(16)25-20(22)21-19(23)15-11-13-7-3-4-8-14(13)12-17(15)24-2/h3-12H,1-2H3. The first-order valence-corrected chi connectivity index (χ1v) is 8.69. The quantitative estimate of drug-likeness (QED) is 0.546. The van der Waals surface area contributed by atoms with Gasteiger partial charge in [0, 0.05) is 7.05 Å². The topological polar surface area (TPSA) is 43.6 Å². The van der Waals surface area contributed by atoms with Crippen molar-refractivity contribution in [1.29, 1.82) is 0 Å². The van der Waals surface area contributed by atoms with E-state index in [-0.39, 0.29) is 5.91 Å². The van der Waals surface area contributed by atoms with Crippen LogP contribution < -0.4 is 9.54 Å². The van der Waals surface area contributed by atoms with Gasteiger partial charge in [-0.3, -0.25) is 4.79 Å². The van der Waals surface area contributed by atoms with Gasteiger partial charge in [-0.2, -0.15) is 4.99 Å². The number of benzene rings is 3. The molecule has 3 aromatic carbocycles. The number of carbonyl (C=O) groups excluding carboxylic acids is 1. The highest BCUT2D eigenvalue weighted by Gasteiger charge is 2.14. The zero-order chi connectivity index (χ0) is 17.4. The highest BCUT2D eigenvalue weighted by Crippen LogP contribution is 2.26. The molecule has 0 fully saturated rings. The predicted octanol–water partition coefficient (Wildman–Crippen LogP) is 4.14. The molecule has 0 saturated heterocycles. The Morgan fingerprint density at radius 2 is 1.72 bits per heavy atom. The molecule has 0 atom stereocenters. The van der Waals surface area contributed by atoms with Crippen LogP contribution in [0.2, 0.25) is 0 Å². The number of aromatic nitrogens is 1. The molecular formula is C20H16N2O2S. The van der Waals surface area contributed by atoms with Gasteiger partial charge in [-0.25, -0.2) is 0 Å². The number of hydrogen-bond donors (Lipinski definition) is 0. The average Bonchev–Trinajstić information content (AvgIpc) is 2.96. The van der Waals surface area contributed by atoms with Crippen LogP contribution in [-0.2, 0) is 7.05 Å². The molecule has 1 amide bonds. The van der Waals surface area contributed by atoms with Crippen LogP contribution in [0, 0.1) is 0 Å². The third kappa shape index (κ3) is 2.72. The molecule has 0 radical (unpaired) electrons. The summed E-state index contributed by atoms with van der Waals surface area (Å²) in [6, 6.07) is 19.6. The van der Waals surface area contributed by atoms with Gasteiger partial charge in [-0.1, -0.05) is 47.7 Å². The first-order chi connectivity index (χ1) is 12.2. The van der Waals surface area contributed by atoms with Crippen LogP contribution in [0.25, 0.3) is 21.0 Å². The van der Waals surface area contributed by atoms with E-state index in [9.17, 15) is 4.79 Å². The van der Waals surface area contributed by atoms with Crippen molar-refractivity contribution in [3.05, 3.63) is 71.0 Å². The Kier molecular flexibility index (Phi) is 3.86. The van der Waals surface area contributed by atoms with Crippen LogP contribution in [0.15, 0.2) is 65.7 Å². The summed E-state index contributed by atoms with van der Waals surface area (Å²) in [6.45, 7) is 0. The number of amides is 1. The van der Waals surface area contributed by atoms with Gasteiger partial charge >= 0.3 is 0 Å². The fourth-order valence-corrected chi connectivity index (χ4v) is 3.91. The summed E-state index contributed by atoms with van der Waals surface area (Å²) in [6.07, 6.45) is 0. The SMILES string of the molecule is COc1cc2ccccc2cc1C(=O)N=c1sc2ccccc2n1C. The van der Waals surface area contributed by atoms with Gasteiger partial charge in [0.1, 0.15) is 5.75 Å². The summed E-state index contributed by atoms with van der Waals surface area (Å²) in [5.74, 6) is 0.237. The minimum atomic E-state index is -0.301. The summed E-state index contributed by atoms with van der Waals surface area (Å²) in [5.41, 5.74) is 1.53. The van der Waals surface area contributed by atoms with Gasteiger partial charge < -0.3 is 9.30 Å². The van der Waals surface area contributed by atoms with Crippen LogP contribution in [0.4, 0.5) is 0 Å². The predicted molar refractivity (Wildman–Crippen MR) is 101 cm³/mol. The molecule has 0 saturated carbocycles. The minimum absolute atomic E-state index is 0.301. The van der Waals surface area contributed by atoms with Crippen LogP contribution in [-0.4, -0.2) is 17.6 Å². The number of carbonyl (C=O) groups is 1. The first-order valence-electron chi connectivity index (χ1n) is 7.88. The molecule has 4 rings (SSSR count). The summed E-state index contributed by atoms with van der Waals surface area (Å²) >= 11 is 1.50. The molecule has 1 aromatic heterocycles. The molecule has 0 N–H and O–H groups in total. The third-order valence-electron chi connectivity index (χ3n) is 4.21. The van der Waals surface area contributed by atoms with Gasteiger partial charge in [0.25, 0.3) is 5.91 Å². The van der Waals surface area contributed by atoms with Gasteiger partial charge in [0.2, 0.25) is 0 Å². The first kappa shape index (κ1) is 15.6. The number of fused-ring (bicyclic) bond motifs is 2. The zero-order valence-electron chi connectivity index (χ0n) is 13.9. The van der Waals surface area contributed by atoms with Crippen LogP contribution in [0.3, 0.4) is 0 Å². The minimum Gasteiger partial charge on any atom is -0.496 e. The molecule has 4 nitrogen and oxygen atoms in total. The van der Waals surface area contributed by atoms with E-state index in [4.69, 9.17) is 4.74 Å². The van der Waals surface area contributed by atoms with Crippen molar-refractivity contribution in [1.82, 2.24) is 4.57 Å². The molecule has 124 valence electrons. The second-order valence-corrected chi connectivity index (χ2v) is 6.74. The lowest BCUT2D eigenvalue weighted by atomic mass is 10.1. The largest absolute Gasteiger partial charge is 0.496 e. The summed E-state index contributed by atoms with van der Waals surface area (Å²) in [5, 5.41) is 2.02. The van der Waals surface area contributed by atoms with Gasteiger partial charge in [0.05, 0.1) is 22.9 Å². The molecule has 0 bridgehead atoms. The Balaban J connectivity index is 1.87. The fraction of sp³-hybridized carbons (Fsp3) is 0.100. The van der Waals surface area contributed by atoms with Crippen molar-refractivity contribution in [3.8, 4) is 5.75 Å². The highest BCUT2D eigenvalue weighted by atomic mass is 32.1. The molecule has 25 heavy (non-hydrogen) atoms. The molecule has 4 aromatic rings. The van der Waals surface area contributed by atoms with Crippen LogP contribution in [0.1, 0.15) is 10.4 Å². The van der Waals surface area contributed by atoms with E-state index >= 15 is 0 Å². The number of thiazole rings is 1. The lowest BCUT2D eigenvalue weighted by Gasteiger charge is -2.07. The normalized spacial score (nSPS) is 12.0. The van der Waals surface area contributed by atoms with E-state index in [1.807, 2.05) is 72.3 Å². The maximum absolute atomic E-state index is 12.8. The number of methoxy groups -OCH3 is 1. The maximum Gasteiger partial charge on any atom is 0.283 e. The fourth-order valence-electron chi connectivity index (χ4n) is 2.89. The van der Waals surface area contributed by atoms with E-state index < -0.39 is 0 Å². The zero-order valence-corrected chi connectivity index (χ0v) is 14.7. The molecule has 0 aliphatic carbocycles. The molecule has 0 aliphatic rings. The second-order valence-electron chi connectivity index (χ2n) is 5.73. The molecular weight excluding hydrogens is 332 g/mol. The van der Waals surface area contributed by atoms with Gasteiger partial charge in [0.15, 0.2) is 4.80 Å².